The molecule has 0 spiro atoms. The lowest BCUT2D eigenvalue weighted by Crippen LogP contribution is -2.36. The highest BCUT2D eigenvalue weighted by atomic mass is 32.2. The Hall–Kier alpha value is -0.210. The molecule has 0 unspecified atom stereocenters. The van der Waals surface area contributed by atoms with E-state index in [4.69, 9.17) is 5.11 Å². The monoisotopic (exact) mass is 312 g/mol. The quantitative estimate of drug-likeness (QED) is 0.523. The fourth-order valence-corrected chi connectivity index (χ4v) is 3.81. The van der Waals surface area contributed by atoms with Crippen LogP contribution in [0.5, 0.6) is 0 Å². The third kappa shape index (κ3) is 4.47. The number of aliphatic carboxylic acids is 1. The zero-order valence-corrected chi connectivity index (χ0v) is 12.8. The maximum Gasteiger partial charge on any atom is 0.315 e. The molecule has 0 aromatic rings. The topological polar surface area (TPSA) is 78.4 Å². The molecule has 2 rings (SSSR count). The molecule has 5 nitrogen and oxygen atoms in total. The number of urea groups is 1. The van der Waals surface area contributed by atoms with Crippen LogP contribution in [-0.2, 0) is 4.79 Å². The number of amides is 2. The summed E-state index contributed by atoms with van der Waals surface area (Å²) < 4.78 is 0. The first-order valence-electron chi connectivity index (χ1n) is 5.57. The highest BCUT2D eigenvalue weighted by Crippen LogP contribution is 2.33. The van der Waals surface area contributed by atoms with Crippen LogP contribution in [0.4, 0.5) is 4.79 Å². The van der Waals surface area contributed by atoms with E-state index < -0.39 is 5.97 Å². The minimum Gasteiger partial charge on any atom is -0.481 e. The van der Waals surface area contributed by atoms with Crippen molar-refractivity contribution < 1.29 is 14.7 Å². The van der Waals surface area contributed by atoms with Crippen LogP contribution in [0, 0.1) is 0 Å². The van der Waals surface area contributed by atoms with E-state index in [2.05, 4.69) is 10.6 Å². The summed E-state index contributed by atoms with van der Waals surface area (Å²) in [5, 5.41) is 14.8. The van der Waals surface area contributed by atoms with Crippen LogP contribution in [-0.4, -0.2) is 40.2 Å². The van der Waals surface area contributed by atoms with E-state index in [-0.39, 0.29) is 51.5 Å². The van der Waals surface area contributed by atoms with Crippen molar-refractivity contribution in [3.8, 4) is 0 Å². The Bertz CT molecular complexity index is 304. The van der Waals surface area contributed by atoms with Gasteiger partial charge in [0.25, 0.3) is 0 Å². The highest BCUT2D eigenvalue weighted by molar-refractivity contribution is 8.00. The number of unbranched alkanes of at least 4 members (excludes halogenated alkanes) is 1. The largest absolute Gasteiger partial charge is 0.481 e. The Balaban J connectivity index is 0.00000144. The van der Waals surface area contributed by atoms with Crippen LogP contribution in [0.25, 0.3) is 0 Å². The SMILES string of the molecule is O=C(O)CCCC[C@@H]1SC[C@@H]2NC(=O)N[C@@H]21.S.S. The Morgan fingerprint density at radius 2 is 2.06 bits per heavy atom. The molecule has 2 fully saturated rings. The van der Waals surface area contributed by atoms with Crippen molar-refractivity contribution in [2.24, 2.45) is 0 Å². The normalized spacial score (nSPS) is 28.4. The summed E-state index contributed by atoms with van der Waals surface area (Å²) in [6.07, 6.45) is 2.88. The molecular weight excluding hydrogens is 292 g/mol. The zero-order chi connectivity index (χ0) is 11.5. The molecule has 2 aliphatic rings. The van der Waals surface area contributed by atoms with E-state index in [1.165, 1.54) is 0 Å². The first-order chi connectivity index (χ1) is 7.66. The lowest BCUT2D eigenvalue weighted by atomic mass is 10.0. The van der Waals surface area contributed by atoms with Crippen molar-refractivity contribution in [1.29, 1.82) is 0 Å². The molecule has 0 bridgehead atoms. The van der Waals surface area contributed by atoms with Crippen molar-refractivity contribution in [2.75, 3.05) is 5.75 Å². The van der Waals surface area contributed by atoms with Crippen molar-refractivity contribution in [2.45, 2.75) is 43.0 Å². The van der Waals surface area contributed by atoms with Gasteiger partial charge >= 0.3 is 12.0 Å². The molecule has 2 saturated heterocycles. The molecule has 106 valence electrons. The van der Waals surface area contributed by atoms with Gasteiger partial charge in [-0.15, -0.1) is 0 Å². The van der Waals surface area contributed by atoms with Crippen LogP contribution in [0.3, 0.4) is 0 Å². The van der Waals surface area contributed by atoms with Gasteiger partial charge in [0, 0.05) is 17.4 Å². The molecule has 0 aliphatic carbocycles. The number of carboxylic acid groups (broad SMARTS) is 1. The lowest BCUT2D eigenvalue weighted by Gasteiger charge is -2.16. The maximum absolute atomic E-state index is 11.1. The van der Waals surface area contributed by atoms with Crippen molar-refractivity contribution >= 4 is 50.8 Å². The van der Waals surface area contributed by atoms with Crippen molar-refractivity contribution in [3.05, 3.63) is 0 Å². The third-order valence-electron chi connectivity index (χ3n) is 3.07. The fourth-order valence-electron chi connectivity index (χ4n) is 2.26. The van der Waals surface area contributed by atoms with Crippen molar-refractivity contribution in [1.82, 2.24) is 10.6 Å². The van der Waals surface area contributed by atoms with Crippen LogP contribution in [0.2, 0.25) is 0 Å². The molecule has 2 aliphatic heterocycles. The molecular formula is C10H20N2O3S3. The van der Waals surface area contributed by atoms with Crippen LogP contribution in [0.15, 0.2) is 0 Å². The summed E-state index contributed by atoms with van der Waals surface area (Å²) in [4.78, 5) is 21.5. The molecule has 3 N–H and O–H groups in total. The summed E-state index contributed by atoms with van der Waals surface area (Å²) in [6, 6.07) is 0.440. The molecule has 0 aromatic heterocycles. The Kier molecular flexibility index (Phi) is 7.97. The molecule has 3 atom stereocenters. The number of carbonyl (C=O) groups is 2. The second-order valence-corrected chi connectivity index (χ2v) is 5.53. The highest BCUT2D eigenvalue weighted by Gasteiger charge is 2.42. The number of carbonyl (C=O) groups excluding carboxylic acids is 1. The average Bonchev–Trinajstić information content (AvgIpc) is 2.72. The zero-order valence-electron chi connectivity index (χ0n) is 9.94. The van der Waals surface area contributed by atoms with E-state index >= 15 is 0 Å². The standard InChI is InChI=1S/C10H16N2O3S.2H2S/c13-8(14)4-2-1-3-7-9-6(5-16-7)11-10(15)12-9;;/h6-7,9H,1-5H2,(H,13,14)(H2,11,12,15);2*1H2/t6-,7-,9-;;/m0../s1. The number of nitrogens with one attached hydrogen (secondary N) is 2. The predicted octanol–water partition coefficient (Wildman–Crippen LogP) is 1.02. The average molecular weight is 312 g/mol. The van der Waals surface area contributed by atoms with E-state index in [0.717, 1.165) is 25.0 Å². The lowest BCUT2D eigenvalue weighted by molar-refractivity contribution is -0.137. The van der Waals surface area contributed by atoms with Gasteiger partial charge in [-0.3, -0.25) is 4.79 Å². The van der Waals surface area contributed by atoms with Gasteiger partial charge in [0.15, 0.2) is 0 Å². The number of fused-ring (bicyclic) bond motifs is 1. The number of hydrogen-bond acceptors (Lipinski definition) is 3. The molecule has 8 heteroatoms. The molecule has 18 heavy (non-hydrogen) atoms. The fraction of sp³-hybridized carbons (Fsp3) is 0.800. The number of hydrogen-bond donors (Lipinski definition) is 3. The van der Waals surface area contributed by atoms with E-state index in [9.17, 15) is 9.59 Å². The Morgan fingerprint density at radius 3 is 2.72 bits per heavy atom. The van der Waals surface area contributed by atoms with Crippen molar-refractivity contribution in [3.63, 3.8) is 0 Å². The minimum atomic E-state index is -0.729. The van der Waals surface area contributed by atoms with Crippen LogP contribution >= 0.6 is 38.8 Å². The maximum atomic E-state index is 11.1. The smallest absolute Gasteiger partial charge is 0.315 e. The predicted molar refractivity (Wildman–Crippen MR) is 82.4 cm³/mol. The molecule has 2 amide bonds. The van der Waals surface area contributed by atoms with E-state index in [1.807, 2.05) is 11.8 Å². The second-order valence-electron chi connectivity index (χ2n) is 4.26. The third-order valence-corrected chi connectivity index (χ3v) is 4.58. The summed E-state index contributed by atoms with van der Waals surface area (Å²) in [5.74, 6) is 0.236. The van der Waals surface area contributed by atoms with Gasteiger partial charge in [-0.1, -0.05) is 6.42 Å². The van der Waals surface area contributed by atoms with Crippen LogP contribution in [0.1, 0.15) is 25.7 Å². The van der Waals surface area contributed by atoms with E-state index in [0.29, 0.717) is 5.25 Å². The van der Waals surface area contributed by atoms with Gasteiger partial charge in [-0.25, -0.2) is 4.79 Å². The van der Waals surface area contributed by atoms with Gasteiger partial charge in [0.1, 0.15) is 0 Å². The summed E-state index contributed by atoms with van der Waals surface area (Å²) in [5.41, 5.74) is 0. The second kappa shape index (κ2) is 8.06. The van der Waals surface area contributed by atoms with Crippen LogP contribution < -0.4 is 10.6 Å². The van der Waals surface area contributed by atoms with Gasteiger partial charge in [0.2, 0.25) is 0 Å². The first kappa shape index (κ1) is 17.8. The Morgan fingerprint density at radius 1 is 1.33 bits per heavy atom. The Labute approximate surface area is 125 Å². The molecule has 0 radical (unpaired) electrons. The molecule has 0 saturated carbocycles. The summed E-state index contributed by atoms with van der Waals surface area (Å²) >= 11 is 1.87. The summed E-state index contributed by atoms with van der Waals surface area (Å²) in [6.45, 7) is 0. The number of thioether (sulfide) groups is 1. The van der Waals surface area contributed by atoms with Gasteiger partial charge in [-0.2, -0.15) is 38.8 Å². The number of rotatable bonds is 5. The van der Waals surface area contributed by atoms with E-state index in [1.54, 1.807) is 0 Å². The molecule has 0 aromatic carbocycles. The van der Waals surface area contributed by atoms with Gasteiger partial charge in [0.05, 0.1) is 12.1 Å². The molecule has 2 heterocycles. The van der Waals surface area contributed by atoms with Gasteiger partial charge in [-0.05, 0) is 12.8 Å². The van der Waals surface area contributed by atoms with Gasteiger partial charge < -0.3 is 15.7 Å². The summed E-state index contributed by atoms with van der Waals surface area (Å²) in [7, 11) is 0. The minimum absolute atomic E-state index is 0. The number of carboxylic acids is 1. The first-order valence-corrected chi connectivity index (χ1v) is 6.62.